The minimum atomic E-state index is -1.42. The van der Waals surface area contributed by atoms with Gasteiger partial charge in [0.05, 0.1) is 12.7 Å². The van der Waals surface area contributed by atoms with Crippen LogP contribution in [0.25, 0.3) is 0 Å². The predicted octanol–water partition coefficient (Wildman–Crippen LogP) is 1.79. The molecule has 0 aromatic carbocycles. The van der Waals surface area contributed by atoms with Crippen LogP contribution in [0.4, 0.5) is 0 Å². The average Bonchev–Trinajstić information content (AvgIpc) is 2.61. The molecule has 1 aliphatic rings. The van der Waals surface area contributed by atoms with E-state index < -0.39 is 8.32 Å². The zero-order chi connectivity index (χ0) is 8.48. The first-order valence-electron chi connectivity index (χ1n) is 3.95. The zero-order valence-electron chi connectivity index (χ0n) is 7.46. The van der Waals surface area contributed by atoms with E-state index in [1.165, 1.54) is 0 Å². The second kappa shape index (κ2) is 3.09. The summed E-state index contributed by atoms with van der Waals surface area (Å²) in [6.45, 7) is 11.1. The Bertz CT molecular complexity index is 147. The van der Waals surface area contributed by atoms with Crippen molar-refractivity contribution in [2.24, 2.45) is 0 Å². The molecule has 0 aromatic heterocycles. The van der Waals surface area contributed by atoms with Crippen molar-refractivity contribution in [3.05, 3.63) is 12.7 Å². The van der Waals surface area contributed by atoms with Crippen LogP contribution in [0.1, 0.15) is 0 Å². The van der Waals surface area contributed by atoms with Crippen molar-refractivity contribution < 1.29 is 9.16 Å². The molecule has 0 bridgehead atoms. The van der Waals surface area contributed by atoms with Crippen LogP contribution in [-0.2, 0) is 9.16 Å². The quantitative estimate of drug-likeness (QED) is 0.366. The van der Waals surface area contributed by atoms with Gasteiger partial charge in [-0.2, -0.15) is 0 Å². The Balaban J connectivity index is 2.37. The van der Waals surface area contributed by atoms with Gasteiger partial charge in [-0.05, 0) is 19.6 Å². The third-order valence-electron chi connectivity index (χ3n) is 1.45. The number of hydrogen-bond acceptors (Lipinski definition) is 2. The highest BCUT2D eigenvalue weighted by atomic mass is 28.4. The molecule has 3 heteroatoms. The van der Waals surface area contributed by atoms with E-state index in [1.807, 2.05) is 6.08 Å². The predicted molar refractivity (Wildman–Crippen MR) is 48.2 cm³/mol. The Morgan fingerprint density at radius 3 is 2.45 bits per heavy atom. The Morgan fingerprint density at radius 2 is 2.18 bits per heavy atom. The topological polar surface area (TPSA) is 21.8 Å². The van der Waals surface area contributed by atoms with Crippen molar-refractivity contribution in [3.63, 3.8) is 0 Å². The lowest BCUT2D eigenvalue weighted by molar-refractivity contribution is 0.194. The fraction of sp³-hybridized carbons (Fsp3) is 0.750. The summed E-state index contributed by atoms with van der Waals surface area (Å²) in [7, 11) is -1.42. The highest BCUT2D eigenvalue weighted by molar-refractivity contribution is 6.69. The van der Waals surface area contributed by atoms with Crippen LogP contribution >= 0.6 is 0 Å². The van der Waals surface area contributed by atoms with Crippen molar-refractivity contribution in [3.8, 4) is 0 Å². The summed E-state index contributed by atoms with van der Waals surface area (Å²) in [5.74, 6) is 0. The van der Waals surface area contributed by atoms with Crippen LogP contribution in [0.3, 0.4) is 0 Å². The molecule has 1 fully saturated rings. The molecular formula is C8H16O2Si. The maximum Gasteiger partial charge on any atom is 0.184 e. The number of epoxide rings is 1. The van der Waals surface area contributed by atoms with Gasteiger partial charge in [0.15, 0.2) is 8.32 Å². The van der Waals surface area contributed by atoms with Crippen LogP contribution in [0.15, 0.2) is 12.7 Å². The fourth-order valence-corrected chi connectivity index (χ4v) is 1.99. The molecule has 0 aliphatic carbocycles. The van der Waals surface area contributed by atoms with E-state index in [0.717, 1.165) is 6.61 Å². The van der Waals surface area contributed by atoms with Crippen LogP contribution < -0.4 is 0 Å². The van der Waals surface area contributed by atoms with E-state index in [1.54, 1.807) is 0 Å². The molecule has 0 aromatic rings. The third-order valence-corrected chi connectivity index (χ3v) is 2.43. The number of rotatable bonds is 4. The van der Waals surface area contributed by atoms with Gasteiger partial charge in [-0.15, -0.1) is 6.58 Å². The van der Waals surface area contributed by atoms with Gasteiger partial charge in [0.25, 0.3) is 0 Å². The molecule has 0 N–H and O–H groups in total. The van der Waals surface area contributed by atoms with Crippen LogP contribution in [0.5, 0.6) is 0 Å². The van der Waals surface area contributed by atoms with Crippen LogP contribution in [0, 0.1) is 0 Å². The second-order valence-corrected chi connectivity index (χ2v) is 8.26. The van der Waals surface area contributed by atoms with Crippen molar-refractivity contribution in [1.29, 1.82) is 0 Å². The minimum Gasteiger partial charge on any atom is -0.409 e. The maximum atomic E-state index is 5.81. The molecule has 64 valence electrons. The zero-order valence-corrected chi connectivity index (χ0v) is 8.46. The van der Waals surface area contributed by atoms with Crippen molar-refractivity contribution >= 4 is 8.32 Å². The molecule has 0 saturated carbocycles. The summed E-state index contributed by atoms with van der Waals surface area (Å²) in [6.07, 6.45) is 2.26. The first-order chi connectivity index (χ1) is 5.03. The number of ether oxygens (including phenoxy) is 1. The summed E-state index contributed by atoms with van der Waals surface area (Å²) in [6, 6.07) is 0. The Labute approximate surface area is 69.3 Å². The monoisotopic (exact) mass is 172 g/mol. The molecule has 11 heavy (non-hydrogen) atoms. The molecular weight excluding hydrogens is 156 g/mol. The largest absolute Gasteiger partial charge is 0.409 e. The molecule has 2 atom stereocenters. The molecule has 1 rings (SSSR count). The van der Waals surface area contributed by atoms with Crippen LogP contribution in [-0.4, -0.2) is 27.1 Å². The first kappa shape index (κ1) is 8.97. The highest BCUT2D eigenvalue weighted by Crippen LogP contribution is 2.21. The summed E-state index contributed by atoms with van der Waals surface area (Å²) >= 11 is 0. The normalized spacial score (nSPS) is 26.3. The molecule has 1 saturated heterocycles. The van der Waals surface area contributed by atoms with Gasteiger partial charge in [-0.25, -0.2) is 0 Å². The third kappa shape index (κ3) is 3.18. The summed E-state index contributed by atoms with van der Waals surface area (Å²) in [4.78, 5) is 0. The van der Waals surface area contributed by atoms with Gasteiger partial charge in [0.2, 0.25) is 0 Å². The smallest absolute Gasteiger partial charge is 0.184 e. The lowest BCUT2D eigenvalue weighted by atomic mass is 10.3. The van der Waals surface area contributed by atoms with Crippen molar-refractivity contribution in [2.75, 3.05) is 6.61 Å². The SMILES string of the molecule is C=C[C@@H](O[Si](C)(C)C)[C@@H]1CO1. The molecule has 1 aliphatic heterocycles. The van der Waals surface area contributed by atoms with Gasteiger partial charge in [0, 0.05) is 0 Å². The molecule has 0 unspecified atom stereocenters. The summed E-state index contributed by atoms with van der Waals surface area (Å²) in [5.41, 5.74) is 0. The Hall–Kier alpha value is -0.123. The molecule has 0 spiro atoms. The van der Waals surface area contributed by atoms with Gasteiger partial charge in [-0.3, -0.25) is 0 Å². The molecule has 0 radical (unpaired) electrons. The summed E-state index contributed by atoms with van der Waals surface area (Å²) in [5, 5.41) is 0. The molecule has 1 heterocycles. The Kier molecular flexibility index (Phi) is 2.52. The van der Waals surface area contributed by atoms with Crippen molar-refractivity contribution in [2.45, 2.75) is 31.8 Å². The maximum absolute atomic E-state index is 5.81. The van der Waals surface area contributed by atoms with Gasteiger partial charge < -0.3 is 9.16 Å². The van der Waals surface area contributed by atoms with E-state index >= 15 is 0 Å². The van der Waals surface area contributed by atoms with Crippen LogP contribution in [0.2, 0.25) is 19.6 Å². The molecule has 0 amide bonds. The fourth-order valence-electron chi connectivity index (χ4n) is 0.929. The van der Waals surface area contributed by atoms with E-state index in [2.05, 4.69) is 26.2 Å². The first-order valence-corrected chi connectivity index (χ1v) is 7.36. The lowest BCUT2D eigenvalue weighted by Gasteiger charge is -2.22. The van der Waals surface area contributed by atoms with Crippen molar-refractivity contribution in [1.82, 2.24) is 0 Å². The molecule has 2 nitrogen and oxygen atoms in total. The van der Waals surface area contributed by atoms with E-state index in [9.17, 15) is 0 Å². The summed E-state index contributed by atoms with van der Waals surface area (Å²) < 4.78 is 10.9. The standard InChI is InChI=1S/C8H16O2Si/c1-5-7(8-6-9-8)10-11(2,3)4/h5,7-8H,1,6H2,2-4H3/t7-,8+/m1/s1. The second-order valence-electron chi connectivity index (χ2n) is 3.80. The highest BCUT2D eigenvalue weighted by Gasteiger charge is 2.34. The number of hydrogen-bond donors (Lipinski definition) is 0. The van der Waals surface area contributed by atoms with Gasteiger partial charge in [-0.1, -0.05) is 6.08 Å². The van der Waals surface area contributed by atoms with Gasteiger partial charge in [0.1, 0.15) is 6.10 Å². The minimum absolute atomic E-state index is 0.127. The Morgan fingerprint density at radius 1 is 1.64 bits per heavy atom. The van der Waals surface area contributed by atoms with E-state index in [0.29, 0.717) is 6.10 Å². The lowest BCUT2D eigenvalue weighted by Crippen LogP contribution is -2.33. The van der Waals surface area contributed by atoms with Gasteiger partial charge >= 0.3 is 0 Å². The average molecular weight is 172 g/mol. The van der Waals surface area contributed by atoms with E-state index in [4.69, 9.17) is 9.16 Å². The van der Waals surface area contributed by atoms with E-state index in [-0.39, 0.29) is 6.10 Å².